The zero-order valence-corrected chi connectivity index (χ0v) is 23.8. The third kappa shape index (κ3) is 5.57. The van der Waals surface area contributed by atoms with Crippen molar-refractivity contribution in [3.63, 3.8) is 0 Å². The second-order valence-electron chi connectivity index (χ2n) is 10.5. The Balaban J connectivity index is 1.36. The van der Waals surface area contributed by atoms with Crippen molar-refractivity contribution >= 4 is 33.2 Å². The van der Waals surface area contributed by atoms with E-state index >= 15 is 0 Å². The molecule has 6 rings (SSSR count). The number of aromatic nitrogens is 6. The Morgan fingerprint density at radius 3 is 2.57 bits per heavy atom. The molecule has 0 aliphatic carbocycles. The van der Waals surface area contributed by atoms with E-state index in [1.54, 1.807) is 31.0 Å². The van der Waals surface area contributed by atoms with Crippen LogP contribution in [0.25, 0.3) is 55.6 Å². The van der Waals surface area contributed by atoms with Crippen LogP contribution >= 0.6 is 0 Å². The van der Waals surface area contributed by atoms with Crippen LogP contribution in [0, 0.1) is 5.82 Å². The molecule has 9 nitrogen and oxygen atoms in total. The highest BCUT2D eigenvalue weighted by molar-refractivity contribution is 6.01. The summed E-state index contributed by atoms with van der Waals surface area (Å²) >= 11 is 0. The van der Waals surface area contributed by atoms with E-state index in [0.717, 1.165) is 85.6 Å². The van der Waals surface area contributed by atoms with Crippen LogP contribution in [-0.2, 0) is 0 Å². The summed E-state index contributed by atoms with van der Waals surface area (Å²) in [5, 5.41) is 16.1. The number of rotatable bonds is 10. The van der Waals surface area contributed by atoms with Crippen molar-refractivity contribution in [2.24, 2.45) is 0 Å². The van der Waals surface area contributed by atoms with Gasteiger partial charge in [0, 0.05) is 58.8 Å². The van der Waals surface area contributed by atoms with Gasteiger partial charge in [-0.2, -0.15) is 5.10 Å². The molecule has 1 aromatic carbocycles. The highest BCUT2D eigenvalue weighted by Crippen LogP contribution is 2.35. The highest BCUT2D eigenvalue weighted by atomic mass is 19.1. The van der Waals surface area contributed by atoms with E-state index in [1.807, 2.05) is 45.3 Å². The number of likely N-dealkylation sites (N-methyl/N-ethyl adjacent to an activating group) is 1. The lowest BCUT2D eigenvalue weighted by atomic mass is 10.0. The topological polar surface area (TPSA) is 110 Å². The molecule has 0 saturated heterocycles. The summed E-state index contributed by atoms with van der Waals surface area (Å²) in [5.74, 6) is -0.307. The van der Waals surface area contributed by atoms with E-state index in [2.05, 4.69) is 52.2 Å². The summed E-state index contributed by atoms with van der Waals surface area (Å²) in [6, 6.07) is 11.1. The Labute approximate surface area is 242 Å². The lowest BCUT2D eigenvalue weighted by molar-refractivity contribution is 0.425. The van der Waals surface area contributed by atoms with Gasteiger partial charge in [0.25, 0.3) is 0 Å². The Morgan fingerprint density at radius 1 is 0.905 bits per heavy atom. The predicted molar refractivity (Wildman–Crippen MR) is 168 cm³/mol. The first-order valence-electron chi connectivity index (χ1n) is 13.8. The molecular formula is C32H32FN9. The number of nitrogens with one attached hydrogen (secondary N) is 4. The fourth-order valence-corrected chi connectivity index (χ4v) is 4.90. The summed E-state index contributed by atoms with van der Waals surface area (Å²) < 4.78 is 14.7. The minimum Gasteiger partial charge on any atom is -0.384 e. The van der Waals surface area contributed by atoms with Crippen LogP contribution in [-0.4, -0.2) is 62.2 Å². The van der Waals surface area contributed by atoms with Gasteiger partial charge in [-0.25, -0.2) is 4.39 Å². The standard InChI is InChI=1S/C32H32FN9/c1-5-19(2)38-24-10-21(14-34-15-24)28-13-26-31(18-37-28)40-41-32(26)29-12-25-27(16-35-17-30(25)39-29)20-8-22(33)11-23(9-20)36-6-7-42(3)4/h8-18,36,38-39H,2,5-7H2,1,3-4H3,(H,40,41). The van der Waals surface area contributed by atoms with Crippen molar-refractivity contribution in [2.45, 2.75) is 13.3 Å². The van der Waals surface area contributed by atoms with Crippen LogP contribution in [0.2, 0.25) is 0 Å². The number of fused-ring (bicyclic) bond motifs is 2. The van der Waals surface area contributed by atoms with Crippen molar-refractivity contribution in [1.82, 2.24) is 35.0 Å². The Kier molecular flexibility index (Phi) is 7.37. The molecule has 0 atom stereocenters. The van der Waals surface area contributed by atoms with E-state index in [0.29, 0.717) is 6.54 Å². The van der Waals surface area contributed by atoms with Gasteiger partial charge in [0.05, 0.1) is 46.7 Å². The third-order valence-electron chi connectivity index (χ3n) is 7.13. The van der Waals surface area contributed by atoms with E-state index in [-0.39, 0.29) is 5.82 Å². The van der Waals surface area contributed by atoms with Crippen molar-refractivity contribution in [3.8, 4) is 33.8 Å². The van der Waals surface area contributed by atoms with Crippen molar-refractivity contribution < 1.29 is 4.39 Å². The lowest BCUT2D eigenvalue weighted by Crippen LogP contribution is -2.20. The van der Waals surface area contributed by atoms with Crippen LogP contribution in [0.15, 0.2) is 79.7 Å². The molecule has 42 heavy (non-hydrogen) atoms. The summed E-state index contributed by atoms with van der Waals surface area (Å²) in [6.07, 6.45) is 9.70. The fraction of sp³-hybridized carbons (Fsp3) is 0.188. The van der Waals surface area contributed by atoms with Crippen LogP contribution < -0.4 is 10.6 Å². The lowest BCUT2D eigenvalue weighted by Gasteiger charge is -2.13. The molecule has 0 bridgehead atoms. The summed E-state index contributed by atoms with van der Waals surface area (Å²) in [4.78, 5) is 19.0. The summed E-state index contributed by atoms with van der Waals surface area (Å²) in [7, 11) is 4.01. The van der Waals surface area contributed by atoms with Crippen molar-refractivity contribution in [2.75, 3.05) is 37.8 Å². The Bertz CT molecular complexity index is 1900. The minimum atomic E-state index is -0.307. The molecule has 0 unspecified atom stereocenters. The number of nitrogens with zero attached hydrogens (tertiary/aromatic N) is 5. The van der Waals surface area contributed by atoms with E-state index < -0.39 is 0 Å². The third-order valence-corrected chi connectivity index (χ3v) is 7.13. The SMILES string of the molecule is C=C(CC)Nc1cncc(-c2cc3c(-c4cc5c(-c6cc(F)cc(NCCN(C)C)c6)cncc5[nH]4)n[nH]c3cn2)c1. The zero-order chi connectivity index (χ0) is 29.2. The molecule has 6 aromatic rings. The van der Waals surface area contributed by atoms with E-state index in [1.165, 1.54) is 12.1 Å². The number of H-pyrrole nitrogens is 2. The molecule has 0 saturated carbocycles. The second kappa shape index (κ2) is 11.4. The molecule has 0 aliphatic rings. The van der Waals surface area contributed by atoms with Crippen molar-refractivity contribution in [3.05, 3.63) is 85.5 Å². The number of benzene rings is 1. The summed E-state index contributed by atoms with van der Waals surface area (Å²) in [5.41, 5.74) is 8.94. The van der Waals surface area contributed by atoms with Crippen LogP contribution in [0.3, 0.4) is 0 Å². The smallest absolute Gasteiger partial charge is 0.125 e. The van der Waals surface area contributed by atoms with E-state index in [4.69, 9.17) is 0 Å². The van der Waals surface area contributed by atoms with Gasteiger partial charge >= 0.3 is 0 Å². The van der Waals surface area contributed by atoms with Gasteiger partial charge in [-0.15, -0.1) is 0 Å². The highest BCUT2D eigenvalue weighted by Gasteiger charge is 2.16. The molecule has 5 aromatic heterocycles. The molecule has 0 amide bonds. The van der Waals surface area contributed by atoms with Crippen LogP contribution in [0.5, 0.6) is 0 Å². The maximum absolute atomic E-state index is 14.7. The van der Waals surface area contributed by atoms with Gasteiger partial charge in [-0.05, 0) is 62.5 Å². The van der Waals surface area contributed by atoms with Gasteiger partial charge in [-0.3, -0.25) is 20.1 Å². The van der Waals surface area contributed by atoms with Crippen LogP contribution in [0.4, 0.5) is 15.8 Å². The quantitative estimate of drug-likeness (QED) is 0.148. The fourth-order valence-electron chi connectivity index (χ4n) is 4.90. The maximum atomic E-state index is 14.7. The van der Waals surface area contributed by atoms with Gasteiger partial charge in [0.1, 0.15) is 11.5 Å². The molecule has 0 spiro atoms. The zero-order valence-electron chi connectivity index (χ0n) is 23.8. The van der Waals surface area contributed by atoms with E-state index in [9.17, 15) is 4.39 Å². The average Bonchev–Trinajstić information content (AvgIpc) is 3.60. The molecule has 5 heterocycles. The first-order chi connectivity index (χ1) is 20.4. The second-order valence-corrected chi connectivity index (χ2v) is 10.5. The molecule has 0 aliphatic heterocycles. The van der Waals surface area contributed by atoms with Gasteiger partial charge in [0.15, 0.2) is 0 Å². The van der Waals surface area contributed by atoms with Gasteiger partial charge < -0.3 is 20.5 Å². The van der Waals surface area contributed by atoms with Gasteiger partial charge in [0.2, 0.25) is 0 Å². The normalized spacial score (nSPS) is 11.5. The van der Waals surface area contributed by atoms with Crippen LogP contribution in [0.1, 0.15) is 13.3 Å². The minimum absolute atomic E-state index is 0.307. The first kappa shape index (κ1) is 27.1. The number of hydrogen-bond acceptors (Lipinski definition) is 7. The number of pyridine rings is 3. The molecule has 212 valence electrons. The number of halogens is 1. The Morgan fingerprint density at radius 2 is 1.74 bits per heavy atom. The number of hydrogen-bond donors (Lipinski definition) is 4. The largest absolute Gasteiger partial charge is 0.384 e. The molecule has 0 fully saturated rings. The molecular weight excluding hydrogens is 529 g/mol. The molecule has 10 heteroatoms. The first-order valence-corrected chi connectivity index (χ1v) is 13.8. The maximum Gasteiger partial charge on any atom is 0.125 e. The average molecular weight is 562 g/mol. The van der Waals surface area contributed by atoms with Crippen molar-refractivity contribution in [1.29, 1.82) is 0 Å². The molecule has 0 radical (unpaired) electrons. The summed E-state index contributed by atoms with van der Waals surface area (Å²) in [6.45, 7) is 7.62. The Hall–Kier alpha value is -5.09. The number of aromatic amines is 2. The number of anilines is 2. The number of allylic oxidation sites excluding steroid dienone is 1. The monoisotopic (exact) mass is 561 g/mol. The predicted octanol–water partition coefficient (Wildman–Crippen LogP) is 6.68. The van der Waals surface area contributed by atoms with Gasteiger partial charge in [-0.1, -0.05) is 13.5 Å². The molecule has 4 N–H and O–H groups in total.